The van der Waals surface area contributed by atoms with E-state index in [2.05, 4.69) is 10.4 Å². The molecule has 1 aliphatic rings. The van der Waals surface area contributed by atoms with Gasteiger partial charge in [0.25, 0.3) is 5.91 Å². The zero-order valence-electron chi connectivity index (χ0n) is 14.8. The van der Waals surface area contributed by atoms with E-state index in [-0.39, 0.29) is 30.2 Å². The number of nitrogens with one attached hydrogen (secondary N) is 1. The molecule has 27 heavy (non-hydrogen) atoms. The molecule has 1 aromatic carbocycles. The fourth-order valence-electron chi connectivity index (χ4n) is 2.75. The van der Waals surface area contributed by atoms with Crippen molar-refractivity contribution >= 4 is 18.3 Å². The van der Waals surface area contributed by atoms with E-state index in [0.29, 0.717) is 30.0 Å². The molecule has 1 heterocycles. The first-order chi connectivity index (χ1) is 12.3. The normalized spacial score (nSPS) is 15.1. The summed E-state index contributed by atoms with van der Waals surface area (Å²) < 4.78 is 40.4. The molecule has 9 heteroatoms. The molecule has 0 bridgehead atoms. The van der Waals surface area contributed by atoms with Gasteiger partial charge in [0.05, 0.1) is 28.7 Å². The van der Waals surface area contributed by atoms with E-state index >= 15 is 0 Å². The van der Waals surface area contributed by atoms with Gasteiger partial charge in [-0.3, -0.25) is 4.79 Å². The number of aromatic nitrogens is 2. The number of amides is 1. The van der Waals surface area contributed by atoms with Crippen LogP contribution in [0.3, 0.4) is 0 Å². The van der Waals surface area contributed by atoms with Crippen molar-refractivity contribution in [2.75, 3.05) is 13.1 Å². The van der Waals surface area contributed by atoms with Gasteiger partial charge in [0.15, 0.2) is 0 Å². The monoisotopic (exact) mass is 402 g/mol. The van der Waals surface area contributed by atoms with Gasteiger partial charge in [0, 0.05) is 12.5 Å². The van der Waals surface area contributed by atoms with Crippen LogP contribution in [0.4, 0.5) is 13.2 Å². The van der Waals surface area contributed by atoms with Gasteiger partial charge < -0.3 is 11.1 Å². The zero-order chi connectivity index (χ0) is 18.9. The van der Waals surface area contributed by atoms with Gasteiger partial charge in [-0.25, -0.2) is 4.68 Å². The molecule has 1 saturated carbocycles. The summed E-state index contributed by atoms with van der Waals surface area (Å²) in [7, 11) is 0. The highest BCUT2D eigenvalue weighted by Crippen LogP contribution is 2.42. The van der Waals surface area contributed by atoms with Crippen LogP contribution in [0.2, 0.25) is 0 Å². The smallest absolute Gasteiger partial charge is 0.352 e. The number of benzene rings is 1. The fourth-order valence-corrected chi connectivity index (χ4v) is 2.75. The van der Waals surface area contributed by atoms with E-state index in [1.54, 1.807) is 6.07 Å². The average molecular weight is 403 g/mol. The molecule has 0 spiro atoms. The van der Waals surface area contributed by atoms with Gasteiger partial charge in [0.1, 0.15) is 0 Å². The first-order valence-corrected chi connectivity index (χ1v) is 8.55. The van der Waals surface area contributed by atoms with Gasteiger partial charge in [-0.15, -0.1) is 12.4 Å². The van der Waals surface area contributed by atoms with E-state index < -0.39 is 11.7 Å². The molecule has 2 aromatic rings. The summed E-state index contributed by atoms with van der Waals surface area (Å²) >= 11 is 0. The Hall–Kier alpha value is -2.06. The van der Waals surface area contributed by atoms with Crippen LogP contribution in [0.1, 0.15) is 47.3 Å². The topological polar surface area (TPSA) is 72.9 Å². The third kappa shape index (κ3) is 4.81. The summed E-state index contributed by atoms with van der Waals surface area (Å²) in [4.78, 5) is 12.5. The second-order valence-electron chi connectivity index (χ2n) is 6.73. The van der Waals surface area contributed by atoms with Gasteiger partial charge in [0.2, 0.25) is 0 Å². The molecular formula is C18H22ClF3N4O. The van der Waals surface area contributed by atoms with E-state index in [1.165, 1.54) is 16.9 Å². The second-order valence-corrected chi connectivity index (χ2v) is 6.73. The van der Waals surface area contributed by atoms with Gasteiger partial charge in [-0.1, -0.05) is 13.0 Å². The van der Waals surface area contributed by atoms with Crippen molar-refractivity contribution in [1.82, 2.24) is 15.1 Å². The SMILES string of the molecule is CC(CN)CNC(=O)c1cnn(-c2cccc(C(F)(F)F)c2)c1C1CC1.Cl. The Morgan fingerprint density at radius 3 is 2.70 bits per heavy atom. The van der Waals surface area contributed by atoms with Crippen LogP contribution < -0.4 is 11.1 Å². The van der Waals surface area contributed by atoms with Gasteiger partial charge in [-0.2, -0.15) is 18.3 Å². The van der Waals surface area contributed by atoms with Crippen LogP contribution in [0.25, 0.3) is 5.69 Å². The second kappa shape index (κ2) is 8.31. The minimum atomic E-state index is -4.43. The van der Waals surface area contributed by atoms with Crippen LogP contribution >= 0.6 is 12.4 Å². The summed E-state index contributed by atoms with van der Waals surface area (Å²) in [6.45, 7) is 2.82. The zero-order valence-corrected chi connectivity index (χ0v) is 15.6. The van der Waals surface area contributed by atoms with E-state index in [4.69, 9.17) is 5.73 Å². The van der Waals surface area contributed by atoms with E-state index in [0.717, 1.165) is 25.0 Å². The predicted octanol–water partition coefficient (Wildman–Crippen LogP) is 3.51. The number of nitrogens with zero attached hydrogens (tertiary/aromatic N) is 2. The number of alkyl halides is 3. The van der Waals surface area contributed by atoms with Crippen molar-refractivity contribution in [3.8, 4) is 5.69 Å². The summed E-state index contributed by atoms with van der Waals surface area (Å²) in [5.74, 6) is 0.00647. The van der Waals surface area contributed by atoms with Crippen LogP contribution in [0.15, 0.2) is 30.5 Å². The van der Waals surface area contributed by atoms with Gasteiger partial charge in [-0.05, 0) is 43.5 Å². The molecule has 148 valence electrons. The number of nitrogens with two attached hydrogens (primary N) is 1. The number of hydrogen-bond donors (Lipinski definition) is 2. The lowest BCUT2D eigenvalue weighted by molar-refractivity contribution is -0.137. The first kappa shape index (κ1) is 21.2. The quantitative estimate of drug-likeness (QED) is 0.776. The van der Waals surface area contributed by atoms with Gasteiger partial charge >= 0.3 is 6.18 Å². The Morgan fingerprint density at radius 2 is 2.11 bits per heavy atom. The maximum Gasteiger partial charge on any atom is 0.416 e. The molecule has 1 atom stereocenters. The lowest BCUT2D eigenvalue weighted by Crippen LogP contribution is -2.31. The molecule has 5 nitrogen and oxygen atoms in total. The third-order valence-electron chi connectivity index (χ3n) is 4.45. The Kier molecular flexibility index (Phi) is 6.54. The molecule has 1 unspecified atom stereocenters. The Balaban J connectivity index is 0.00000261. The number of carbonyl (C=O) groups is 1. The minimum absolute atomic E-state index is 0. The first-order valence-electron chi connectivity index (χ1n) is 8.55. The Labute approximate surface area is 161 Å². The lowest BCUT2D eigenvalue weighted by Gasteiger charge is -2.13. The molecule has 0 saturated heterocycles. The number of rotatable bonds is 6. The lowest BCUT2D eigenvalue weighted by atomic mass is 10.1. The molecule has 3 N–H and O–H groups in total. The maximum atomic E-state index is 13.0. The molecule has 1 amide bonds. The highest BCUT2D eigenvalue weighted by atomic mass is 35.5. The highest BCUT2D eigenvalue weighted by molar-refractivity contribution is 5.95. The number of carbonyl (C=O) groups excluding carboxylic acids is 1. The molecular weight excluding hydrogens is 381 g/mol. The third-order valence-corrected chi connectivity index (χ3v) is 4.45. The fraction of sp³-hybridized carbons (Fsp3) is 0.444. The minimum Gasteiger partial charge on any atom is -0.352 e. The van der Waals surface area contributed by atoms with E-state index in [1.807, 2.05) is 6.92 Å². The number of halogens is 4. The maximum absolute atomic E-state index is 13.0. The van der Waals surface area contributed by atoms with Crippen LogP contribution in [0.5, 0.6) is 0 Å². The molecule has 3 rings (SSSR count). The van der Waals surface area contributed by atoms with Crippen molar-refractivity contribution in [1.29, 1.82) is 0 Å². The van der Waals surface area contributed by atoms with Crippen LogP contribution in [-0.2, 0) is 6.18 Å². The van der Waals surface area contributed by atoms with Crippen molar-refractivity contribution in [2.24, 2.45) is 11.7 Å². The molecule has 0 radical (unpaired) electrons. The molecule has 1 aromatic heterocycles. The van der Waals surface area contributed by atoms with Crippen molar-refractivity contribution < 1.29 is 18.0 Å². The highest BCUT2D eigenvalue weighted by Gasteiger charge is 2.34. The average Bonchev–Trinajstić information content (AvgIpc) is 3.36. The molecule has 1 fully saturated rings. The van der Waals surface area contributed by atoms with E-state index in [9.17, 15) is 18.0 Å². The van der Waals surface area contributed by atoms with Crippen LogP contribution in [-0.4, -0.2) is 28.8 Å². The number of hydrogen-bond acceptors (Lipinski definition) is 3. The molecule has 1 aliphatic carbocycles. The summed E-state index contributed by atoms with van der Waals surface area (Å²) in [5, 5.41) is 7.02. The van der Waals surface area contributed by atoms with Crippen molar-refractivity contribution in [3.63, 3.8) is 0 Å². The summed E-state index contributed by atoms with van der Waals surface area (Å²) in [6.07, 6.45) is -1.22. The largest absolute Gasteiger partial charge is 0.416 e. The Morgan fingerprint density at radius 1 is 1.41 bits per heavy atom. The van der Waals surface area contributed by atoms with Crippen molar-refractivity contribution in [2.45, 2.75) is 31.9 Å². The summed E-state index contributed by atoms with van der Waals surface area (Å²) in [5.41, 5.74) is 6.20. The predicted molar refractivity (Wildman–Crippen MR) is 98.3 cm³/mol. The van der Waals surface area contributed by atoms with Crippen molar-refractivity contribution in [3.05, 3.63) is 47.3 Å². The Bertz CT molecular complexity index is 802. The summed E-state index contributed by atoms with van der Waals surface area (Å²) in [6, 6.07) is 4.98. The molecule has 0 aliphatic heterocycles. The van der Waals surface area contributed by atoms with Crippen LogP contribution in [0, 0.1) is 5.92 Å². The standard InChI is InChI=1S/C18H21F3N4O.ClH/c1-11(8-22)9-23-17(26)15-10-24-25(16(15)12-5-6-12)14-4-2-3-13(7-14)18(19,20)21;/h2-4,7,10-12H,5-6,8-9,22H2,1H3,(H,23,26);1H.